The Bertz CT molecular complexity index is 649. The molecule has 2 amide bonds. The van der Waals surface area contributed by atoms with E-state index >= 15 is 0 Å². The second kappa shape index (κ2) is 7.26. The number of hydrogen-bond donors (Lipinski definition) is 0. The average Bonchev–Trinajstić information content (AvgIpc) is 2.99. The van der Waals surface area contributed by atoms with E-state index in [4.69, 9.17) is 14.7 Å². The highest BCUT2D eigenvalue weighted by molar-refractivity contribution is 5.94. The lowest BCUT2D eigenvalue weighted by atomic mass is 10.2. The van der Waals surface area contributed by atoms with Gasteiger partial charge in [-0.1, -0.05) is 0 Å². The molecule has 2 rings (SSSR count). The van der Waals surface area contributed by atoms with Crippen molar-refractivity contribution in [2.45, 2.75) is 13.0 Å². The van der Waals surface area contributed by atoms with E-state index in [0.717, 1.165) is 4.90 Å². The maximum atomic E-state index is 11.8. The molecule has 0 N–H and O–H groups in total. The minimum absolute atomic E-state index is 0.136. The molecule has 1 fully saturated rings. The lowest BCUT2D eigenvalue weighted by Crippen LogP contribution is -2.37. The fourth-order valence-electron chi connectivity index (χ4n) is 1.81. The van der Waals surface area contributed by atoms with Crippen LogP contribution in [0.4, 0.5) is 4.79 Å². The molecule has 0 saturated carbocycles. The standard InChI is InChI=1S/C15H14N2O6/c1-10(23-12-4-2-11(8-16)3-5-12)14(19)22-9-13(18)17-6-7-21-15(17)20/h2-5,10H,6-7,9H2,1H3/t10-/m0/s1. The first-order chi connectivity index (χ1) is 11.0. The number of rotatable bonds is 5. The Kier molecular flexibility index (Phi) is 5.15. The van der Waals surface area contributed by atoms with Gasteiger partial charge in [0.1, 0.15) is 12.4 Å². The molecule has 120 valence electrons. The normalized spacial score (nSPS) is 14.6. The van der Waals surface area contributed by atoms with E-state index in [1.807, 2.05) is 6.07 Å². The summed E-state index contributed by atoms with van der Waals surface area (Å²) in [6, 6.07) is 8.17. The van der Waals surface area contributed by atoms with Crippen LogP contribution in [-0.2, 0) is 19.1 Å². The molecule has 1 saturated heterocycles. The summed E-state index contributed by atoms with van der Waals surface area (Å²) in [6.45, 7) is 1.19. The molecule has 8 heteroatoms. The van der Waals surface area contributed by atoms with Crippen molar-refractivity contribution in [3.05, 3.63) is 29.8 Å². The molecule has 1 heterocycles. The number of amides is 2. The fraction of sp³-hybridized carbons (Fsp3) is 0.333. The van der Waals surface area contributed by atoms with Gasteiger partial charge in [-0.3, -0.25) is 4.79 Å². The van der Waals surface area contributed by atoms with E-state index in [1.54, 1.807) is 24.3 Å². The largest absolute Gasteiger partial charge is 0.479 e. The van der Waals surface area contributed by atoms with Crippen LogP contribution in [0.15, 0.2) is 24.3 Å². The van der Waals surface area contributed by atoms with Gasteiger partial charge in [0.25, 0.3) is 5.91 Å². The molecule has 23 heavy (non-hydrogen) atoms. The Morgan fingerprint density at radius 1 is 1.39 bits per heavy atom. The van der Waals surface area contributed by atoms with Crippen molar-refractivity contribution in [2.24, 2.45) is 0 Å². The van der Waals surface area contributed by atoms with Crippen LogP contribution in [0.1, 0.15) is 12.5 Å². The number of hydrogen-bond acceptors (Lipinski definition) is 7. The zero-order valence-electron chi connectivity index (χ0n) is 12.4. The lowest BCUT2D eigenvalue weighted by Gasteiger charge is -2.15. The molecule has 0 aromatic heterocycles. The molecule has 1 atom stereocenters. The molecule has 1 aliphatic rings. The summed E-state index contributed by atoms with van der Waals surface area (Å²) in [6.07, 6.45) is -1.69. The number of benzene rings is 1. The average molecular weight is 318 g/mol. The van der Waals surface area contributed by atoms with Crippen molar-refractivity contribution in [1.29, 1.82) is 5.26 Å². The first kappa shape index (κ1) is 16.3. The first-order valence-corrected chi connectivity index (χ1v) is 6.82. The van der Waals surface area contributed by atoms with Gasteiger partial charge in [0.2, 0.25) is 0 Å². The predicted molar refractivity (Wildman–Crippen MR) is 75.3 cm³/mol. The molecule has 0 aliphatic carbocycles. The van der Waals surface area contributed by atoms with Gasteiger partial charge >= 0.3 is 12.1 Å². The number of ether oxygens (including phenoxy) is 3. The van der Waals surface area contributed by atoms with E-state index in [2.05, 4.69) is 4.74 Å². The zero-order chi connectivity index (χ0) is 16.8. The van der Waals surface area contributed by atoms with Crippen LogP contribution in [0.3, 0.4) is 0 Å². The first-order valence-electron chi connectivity index (χ1n) is 6.82. The molecule has 1 aromatic carbocycles. The smallest absolute Gasteiger partial charge is 0.416 e. The predicted octanol–water partition coefficient (Wildman–Crippen LogP) is 0.848. The molecule has 0 unspecified atom stereocenters. The molecule has 0 radical (unpaired) electrons. The van der Waals surface area contributed by atoms with Crippen LogP contribution in [0.2, 0.25) is 0 Å². The Morgan fingerprint density at radius 2 is 2.09 bits per heavy atom. The summed E-state index contributed by atoms with van der Waals surface area (Å²) < 4.78 is 14.8. The number of esters is 1. The Morgan fingerprint density at radius 3 is 2.65 bits per heavy atom. The quantitative estimate of drug-likeness (QED) is 0.741. The maximum absolute atomic E-state index is 11.8. The van der Waals surface area contributed by atoms with E-state index < -0.39 is 30.7 Å². The number of imide groups is 1. The summed E-state index contributed by atoms with van der Waals surface area (Å²) in [4.78, 5) is 35.5. The van der Waals surface area contributed by atoms with Gasteiger partial charge in [0.15, 0.2) is 12.7 Å². The van der Waals surface area contributed by atoms with Crippen LogP contribution in [0.25, 0.3) is 0 Å². The topological polar surface area (TPSA) is 106 Å². The fourth-order valence-corrected chi connectivity index (χ4v) is 1.81. The van der Waals surface area contributed by atoms with Crippen LogP contribution >= 0.6 is 0 Å². The third-order valence-electron chi connectivity index (χ3n) is 3.03. The monoisotopic (exact) mass is 318 g/mol. The third-order valence-corrected chi connectivity index (χ3v) is 3.03. The van der Waals surface area contributed by atoms with Crippen LogP contribution in [0.5, 0.6) is 5.75 Å². The van der Waals surface area contributed by atoms with E-state index in [9.17, 15) is 14.4 Å². The highest BCUT2D eigenvalue weighted by Gasteiger charge is 2.29. The lowest BCUT2D eigenvalue weighted by molar-refractivity contribution is -0.156. The van der Waals surface area contributed by atoms with Crippen molar-refractivity contribution < 1.29 is 28.6 Å². The van der Waals surface area contributed by atoms with Gasteiger partial charge in [0, 0.05) is 0 Å². The van der Waals surface area contributed by atoms with E-state index in [0.29, 0.717) is 11.3 Å². The molecular formula is C15H14N2O6. The molecular weight excluding hydrogens is 304 g/mol. The van der Waals surface area contributed by atoms with Crippen molar-refractivity contribution >= 4 is 18.0 Å². The molecule has 0 bridgehead atoms. The van der Waals surface area contributed by atoms with Gasteiger partial charge in [-0.2, -0.15) is 5.26 Å². The maximum Gasteiger partial charge on any atom is 0.416 e. The summed E-state index contributed by atoms with van der Waals surface area (Å²) in [7, 11) is 0. The number of carbonyl (C=O) groups excluding carboxylic acids is 3. The van der Waals surface area contributed by atoms with Gasteiger partial charge in [-0.15, -0.1) is 0 Å². The second-order valence-electron chi connectivity index (χ2n) is 4.66. The van der Waals surface area contributed by atoms with Gasteiger partial charge in [-0.05, 0) is 31.2 Å². The van der Waals surface area contributed by atoms with Gasteiger partial charge in [-0.25, -0.2) is 14.5 Å². The molecule has 8 nitrogen and oxygen atoms in total. The highest BCUT2D eigenvalue weighted by atomic mass is 16.6. The highest BCUT2D eigenvalue weighted by Crippen LogP contribution is 2.14. The van der Waals surface area contributed by atoms with Gasteiger partial charge < -0.3 is 14.2 Å². The Balaban J connectivity index is 1.81. The van der Waals surface area contributed by atoms with Crippen molar-refractivity contribution in [2.75, 3.05) is 19.8 Å². The summed E-state index contributed by atoms with van der Waals surface area (Å²) >= 11 is 0. The van der Waals surface area contributed by atoms with Gasteiger partial charge in [0.05, 0.1) is 18.2 Å². The second-order valence-corrected chi connectivity index (χ2v) is 4.66. The summed E-state index contributed by atoms with van der Waals surface area (Å²) in [5.41, 5.74) is 0.468. The third kappa shape index (κ3) is 4.20. The van der Waals surface area contributed by atoms with Crippen molar-refractivity contribution in [3.63, 3.8) is 0 Å². The summed E-state index contributed by atoms with van der Waals surface area (Å²) in [5.74, 6) is -0.996. The molecule has 1 aromatic rings. The molecule has 1 aliphatic heterocycles. The van der Waals surface area contributed by atoms with Crippen LogP contribution in [0, 0.1) is 11.3 Å². The van der Waals surface area contributed by atoms with E-state index in [1.165, 1.54) is 6.92 Å². The number of nitriles is 1. The van der Waals surface area contributed by atoms with Crippen LogP contribution in [-0.4, -0.2) is 48.7 Å². The van der Waals surface area contributed by atoms with E-state index in [-0.39, 0.29) is 13.2 Å². The Hall–Kier alpha value is -3.08. The SMILES string of the molecule is C[C@H](Oc1ccc(C#N)cc1)C(=O)OCC(=O)N1CCOC1=O. The number of cyclic esters (lactones) is 1. The Labute approximate surface area is 132 Å². The van der Waals surface area contributed by atoms with Crippen LogP contribution < -0.4 is 4.74 Å². The minimum Gasteiger partial charge on any atom is -0.479 e. The number of carbonyl (C=O) groups is 3. The number of nitrogens with zero attached hydrogens (tertiary/aromatic N) is 2. The van der Waals surface area contributed by atoms with Crippen molar-refractivity contribution in [3.8, 4) is 11.8 Å². The van der Waals surface area contributed by atoms with Crippen molar-refractivity contribution in [1.82, 2.24) is 4.90 Å². The minimum atomic E-state index is -0.943. The molecule has 0 spiro atoms. The summed E-state index contributed by atoms with van der Waals surface area (Å²) in [5, 5.41) is 8.70. The zero-order valence-corrected chi connectivity index (χ0v) is 12.4.